The highest BCUT2D eigenvalue weighted by molar-refractivity contribution is 7.98. The summed E-state index contributed by atoms with van der Waals surface area (Å²) in [5.74, 6) is 0.00586. The maximum absolute atomic E-state index is 12.1. The minimum atomic E-state index is 0.00586. The van der Waals surface area contributed by atoms with Crippen molar-refractivity contribution in [3.63, 3.8) is 0 Å². The molecule has 0 heterocycles. The van der Waals surface area contributed by atoms with Gasteiger partial charge in [-0.05, 0) is 61.6 Å². The van der Waals surface area contributed by atoms with Gasteiger partial charge < -0.3 is 5.32 Å². The summed E-state index contributed by atoms with van der Waals surface area (Å²) in [4.78, 5) is 13.3. The first-order chi connectivity index (χ1) is 10.1. The molecule has 108 valence electrons. The first kappa shape index (κ1) is 15.4. The molecule has 3 heteroatoms. The Hall–Kier alpha value is -2.00. The molecule has 0 atom stereocenters. The Morgan fingerprint density at radius 1 is 1.05 bits per heavy atom. The Bertz CT molecular complexity index is 659. The first-order valence-corrected chi connectivity index (χ1v) is 8.01. The van der Waals surface area contributed by atoms with Crippen LogP contribution in [0, 0.1) is 13.8 Å². The van der Waals surface area contributed by atoms with Gasteiger partial charge in [-0.3, -0.25) is 4.79 Å². The Labute approximate surface area is 130 Å². The normalized spacial score (nSPS) is 10.8. The van der Waals surface area contributed by atoms with Gasteiger partial charge >= 0.3 is 0 Å². The van der Waals surface area contributed by atoms with Gasteiger partial charge in [0.05, 0.1) is 0 Å². The zero-order valence-electron chi connectivity index (χ0n) is 12.5. The number of rotatable bonds is 5. The number of benzene rings is 2. The van der Waals surface area contributed by atoms with E-state index in [0.29, 0.717) is 5.56 Å². The summed E-state index contributed by atoms with van der Waals surface area (Å²) >= 11 is 1.71. The highest BCUT2D eigenvalue weighted by atomic mass is 32.2. The Morgan fingerprint density at radius 2 is 1.76 bits per heavy atom. The van der Waals surface area contributed by atoms with Crippen LogP contribution in [0.3, 0.4) is 0 Å². The largest absolute Gasteiger partial charge is 0.362 e. The maximum atomic E-state index is 12.1. The molecule has 0 unspecified atom stereocenters. The predicted molar refractivity (Wildman–Crippen MR) is 91.2 cm³/mol. The summed E-state index contributed by atoms with van der Waals surface area (Å²) in [5.41, 5.74) is 4.02. The van der Waals surface area contributed by atoms with Crippen LogP contribution in [0.25, 0.3) is 0 Å². The average Bonchev–Trinajstić information content (AvgIpc) is 2.50. The molecule has 2 aromatic carbocycles. The number of carbonyl (C=O) groups excluding carboxylic acids is 1. The Morgan fingerprint density at radius 3 is 2.38 bits per heavy atom. The molecular formula is C18H19NOS. The lowest BCUT2D eigenvalue weighted by Gasteiger charge is -2.03. The summed E-state index contributed by atoms with van der Waals surface area (Å²) in [6.07, 6.45) is 5.29. The lowest BCUT2D eigenvalue weighted by molar-refractivity contribution is 0.104. The van der Waals surface area contributed by atoms with Crippen molar-refractivity contribution in [3.05, 3.63) is 71.4 Å². The van der Waals surface area contributed by atoms with Crippen LogP contribution in [0.15, 0.2) is 59.6 Å². The van der Waals surface area contributed by atoms with Crippen molar-refractivity contribution in [2.24, 2.45) is 0 Å². The smallest absolute Gasteiger partial charge is 0.187 e. The molecule has 0 radical (unpaired) electrons. The van der Waals surface area contributed by atoms with Crippen LogP contribution in [-0.4, -0.2) is 12.0 Å². The van der Waals surface area contributed by atoms with E-state index in [1.807, 2.05) is 62.6 Å². The van der Waals surface area contributed by atoms with Crippen molar-refractivity contribution in [1.82, 2.24) is 0 Å². The topological polar surface area (TPSA) is 29.1 Å². The second kappa shape index (κ2) is 7.14. The third kappa shape index (κ3) is 4.23. The molecule has 0 saturated heterocycles. The number of hydrogen-bond acceptors (Lipinski definition) is 3. The molecule has 0 fully saturated rings. The SMILES string of the molecule is CSc1ccc(N/C=C/C(=O)c2ccc(C)c(C)c2)cc1. The van der Waals surface area contributed by atoms with Gasteiger partial charge in [0, 0.05) is 28.4 Å². The number of ketones is 1. The van der Waals surface area contributed by atoms with Gasteiger partial charge in [0.25, 0.3) is 0 Å². The van der Waals surface area contributed by atoms with Gasteiger partial charge in [0.1, 0.15) is 0 Å². The zero-order valence-corrected chi connectivity index (χ0v) is 13.3. The second-order valence-electron chi connectivity index (χ2n) is 4.87. The van der Waals surface area contributed by atoms with Crippen LogP contribution in [0.1, 0.15) is 21.5 Å². The van der Waals surface area contributed by atoms with Crippen LogP contribution in [-0.2, 0) is 0 Å². The quantitative estimate of drug-likeness (QED) is 0.487. The van der Waals surface area contributed by atoms with Gasteiger partial charge in [-0.1, -0.05) is 12.1 Å². The number of thioether (sulfide) groups is 1. The van der Waals surface area contributed by atoms with E-state index in [-0.39, 0.29) is 5.78 Å². The molecule has 2 aromatic rings. The van der Waals surface area contributed by atoms with Crippen LogP contribution in [0.5, 0.6) is 0 Å². The molecule has 1 N–H and O–H groups in total. The maximum Gasteiger partial charge on any atom is 0.187 e. The fourth-order valence-corrected chi connectivity index (χ4v) is 2.30. The highest BCUT2D eigenvalue weighted by Gasteiger charge is 2.02. The molecule has 21 heavy (non-hydrogen) atoms. The fourth-order valence-electron chi connectivity index (χ4n) is 1.89. The lowest BCUT2D eigenvalue weighted by Crippen LogP contribution is -1.97. The first-order valence-electron chi connectivity index (χ1n) is 6.79. The van der Waals surface area contributed by atoms with Crippen molar-refractivity contribution >= 4 is 23.2 Å². The van der Waals surface area contributed by atoms with Gasteiger partial charge in [-0.25, -0.2) is 0 Å². The van der Waals surface area contributed by atoms with Crippen LogP contribution >= 0.6 is 11.8 Å². The van der Waals surface area contributed by atoms with E-state index in [9.17, 15) is 4.79 Å². The van der Waals surface area contributed by atoms with E-state index in [1.165, 1.54) is 10.5 Å². The third-order valence-corrected chi connectivity index (χ3v) is 4.11. The monoisotopic (exact) mass is 297 g/mol. The van der Waals surface area contributed by atoms with Crippen molar-refractivity contribution in [3.8, 4) is 0 Å². The van der Waals surface area contributed by atoms with Crippen molar-refractivity contribution in [2.45, 2.75) is 18.7 Å². The number of hydrogen-bond donors (Lipinski definition) is 1. The van der Waals surface area contributed by atoms with Gasteiger partial charge in [0.15, 0.2) is 5.78 Å². The van der Waals surface area contributed by atoms with Gasteiger partial charge in [0.2, 0.25) is 0 Å². The van der Waals surface area contributed by atoms with Crippen LogP contribution in [0.2, 0.25) is 0 Å². The summed E-state index contributed by atoms with van der Waals surface area (Å²) in [5, 5.41) is 3.11. The lowest BCUT2D eigenvalue weighted by atomic mass is 10.0. The third-order valence-electron chi connectivity index (χ3n) is 3.37. The number of anilines is 1. The molecule has 0 bridgehead atoms. The summed E-state index contributed by atoms with van der Waals surface area (Å²) in [6.45, 7) is 4.06. The number of aryl methyl sites for hydroxylation is 2. The highest BCUT2D eigenvalue weighted by Crippen LogP contribution is 2.17. The van der Waals surface area contributed by atoms with Crippen LogP contribution < -0.4 is 5.32 Å². The van der Waals surface area contributed by atoms with E-state index in [4.69, 9.17) is 0 Å². The van der Waals surface area contributed by atoms with E-state index in [2.05, 4.69) is 5.32 Å². The Balaban J connectivity index is 1.99. The molecule has 2 nitrogen and oxygen atoms in total. The average molecular weight is 297 g/mol. The summed E-state index contributed by atoms with van der Waals surface area (Å²) < 4.78 is 0. The number of carbonyl (C=O) groups is 1. The molecule has 0 saturated carbocycles. The molecule has 0 aromatic heterocycles. The van der Waals surface area contributed by atoms with Crippen LogP contribution in [0.4, 0.5) is 5.69 Å². The van der Waals surface area contributed by atoms with Gasteiger partial charge in [-0.2, -0.15) is 0 Å². The molecule has 0 aliphatic carbocycles. The summed E-state index contributed by atoms with van der Waals surface area (Å²) in [6, 6.07) is 13.9. The molecular weight excluding hydrogens is 278 g/mol. The van der Waals surface area contributed by atoms with E-state index in [0.717, 1.165) is 11.3 Å². The molecule has 0 spiro atoms. The standard InChI is InChI=1S/C18H19NOS/c1-13-4-5-15(12-14(13)2)18(20)10-11-19-16-6-8-17(21-3)9-7-16/h4-12,19H,1-3H3/b11-10+. The molecule has 2 rings (SSSR count). The fraction of sp³-hybridized carbons (Fsp3) is 0.167. The molecule has 0 aliphatic rings. The van der Waals surface area contributed by atoms with E-state index < -0.39 is 0 Å². The second-order valence-corrected chi connectivity index (χ2v) is 5.75. The van der Waals surface area contributed by atoms with Gasteiger partial charge in [-0.15, -0.1) is 11.8 Å². The van der Waals surface area contributed by atoms with E-state index >= 15 is 0 Å². The minimum Gasteiger partial charge on any atom is -0.362 e. The van der Waals surface area contributed by atoms with Crippen molar-refractivity contribution < 1.29 is 4.79 Å². The Kier molecular flexibility index (Phi) is 5.23. The van der Waals surface area contributed by atoms with Crippen molar-refractivity contribution in [2.75, 3.05) is 11.6 Å². The number of nitrogens with one attached hydrogen (secondary N) is 1. The van der Waals surface area contributed by atoms with E-state index in [1.54, 1.807) is 24.0 Å². The minimum absolute atomic E-state index is 0.00586. The molecule has 0 amide bonds. The predicted octanol–water partition coefficient (Wildman–Crippen LogP) is 4.83. The van der Waals surface area contributed by atoms with Crippen molar-refractivity contribution in [1.29, 1.82) is 0 Å². The summed E-state index contributed by atoms with van der Waals surface area (Å²) in [7, 11) is 0. The number of allylic oxidation sites excluding steroid dienone is 1. The zero-order chi connectivity index (χ0) is 15.2. The molecule has 0 aliphatic heterocycles.